The van der Waals surface area contributed by atoms with Crippen molar-refractivity contribution < 1.29 is 4.79 Å². The molecule has 5 heteroatoms. The van der Waals surface area contributed by atoms with E-state index in [2.05, 4.69) is 20.5 Å². The average Bonchev–Trinajstić information content (AvgIpc) is 2.54. The van der Waals surface area contributed by atoms with Gasteiger partial charge in [-0.15, -0.1) is 0 Å². The summed E-state index contributed by atoms with van der Waals surface area (Å²) in [5.74, 6) is -0.159. The number of carbonyl (C=O) groups excluding carboxylic acids is 1. The molecule has 1 heterocycles. The molecular weight excluding hydrogens is 288 g/mol. The third-order valence-electron chi connectivity index (χ3n) is 3.58. The molecule has 5 nitrogen and oxygen atoms in total. The summed E-state index contributed by atoms with van der Waals surface area (Å²) in [6.45, 7) is 4.33. The number of nitrogens with one attached hydrogen (secondary N) is 2. The van der Waals surface area contributed by atoms with Crippen LogP contribution in [0.3, 0.4) is 0 Å². The van der Waals surface area contributed by atoms with Crippen LogP contribution in [0.15, 0.2) is 42.6 Å². The highest BCUT2D eigenvalue weighted by atomic mass is 16.1. The van der Waals surface area contributed by atoms with Crippen LogP contribution in [0.2, 0.25) is 0 Å². The van der Waals surface area contributed by atoms with E-state index in [-0.39, 0.29) is 5.91 Å². The van der Waals surface area contributed by atoms with Crippen molar-refractivity contribution in [2.24, 2.45) is 0 Å². The third kappa shape index (κ3) is 5.38. The smallest absolute Gasteiger partial charge is 0.270 e. The van der Waals surface area contributed by atoms with Crippen LogP contribution in [0, 0.1) is 6.92 Å². The Balaban J connectivity index is 1.86. The minimum absolute atomic E-state index is 0.159. The fraction of sp³-hybridized carbons (Fsp3) is 0.333. The van der Waals surface area contributed by atoms with Gasteiger partial charge in [0, 0.05) is 19.6 Å². The number of benzene rings is 1. The molecule has 0 bridgehead atoms. The Labute approximate surface area is 137 Å². The van der Waals surface area contributed by atoms with Gasteiger partial charge in [-0.25, -0.2) is 4.98 Å². The van der Waals surface area contributed by atoms with Crippen LogP contribution >= 0.6 is 0 Å². The highest BCUT2D eigenvalue weighted by Gasteiger charge is 2.07. The van der Waals surface area contributed by atoms with E-state index in [1.165, 1.54) is 5.56 Å². The number of anilines is 1. The van der Waals surface area contributed by atoms with Gasteiger partial charge in [-0.05, 0) is 44.3 Å². The van der Waals surface area contributed by atoms with Crippen LogP contribution < -0.4 is 10.6 Å². The van der Waals surface area contributed by atoms with E-state index < -0.39 is 0 Å². The van der Waals surface area contributed by atoms with Crippen molar-refractivity contribution in [1.29, 1.82) is 0 Å². The second kappa shape index (κ2) is 8.29. The first-order valence-electron chi connectivity index (χ1n) is 7.73. The molecule has 0 atom stereocenters. The van der Waals surface area contributed by atoms with Crippen molar-refractivity contribution in [3.63, 3.8) is 0 Å². The largest absolute Gasteiger partial charge is 0.383 e. The van der Waals surface area contributed by atoms with Crippen LogP contribution in [0.25, 0.3) is 0 Å². The molecule has 1 aromatic heterocycles. The highest BCUT2D eigenvalue weighted by Crippen LogP contribution is 2.08. The lowest BCUT2D eigenvalue weighted by Gasteiger charge is -2.11. The third-order valence-corrected chi connectivity index (χ3v) is 3.58. The molecule has 0 unspecified atom stereocenters. The number of carbonyl (C=O) groups is 1. The molecule has 0 saturated heterocycles. The van der Waals surface area contributed by atoms with Crippen molar-refractivity contribution >= 4 is 11.6 Å². The molecule has 0 spiro atoms. The summed E-state index contributed by atoms with van der Waals surface area (Å²) >= 11 is 0. The molecule has 1 amide bonds. The first-order valence-corrected chi connectivity index (χ1v) is 7.73. The molecule has 0 aliphatic rings. The molecule has 0 radical (unpaired) electrons. The Morgan fingerprint density at radius 1 is 1.17 bits per heavy atom. The Bertz CT molecular complexity index is 638. The number of hydrogen-bond donors (Lipinski definition) is 2. The van der Waals surface area contributed by atoms with Gasteiger partial charge in [-0.2, -0.15) is 0 Å². The monoisotopic (exact) mass is 312 g/mol. The molecule has 122 valence electrons. The molecule has 0 fully saturated rings. The van der Waals surface area contributed by atoms with Crippen molar-refractivity contribution in [3.8, 4) is 0 Å². The number of aryl methyl sites for hydroxylation is 1. The van der Waals surface area contributed by atoms with Crippen LogP contribution in [0.1, 0.15) is 21.6 Å². The van der Waals surface area contributed by atoms with Crippen LogP contribution in [0.5, 0.6) is 0 Å². The van der Waals surface area contributed by atoms with E-state index in [9.17, 15) is 4.79 Å². The topological polar surface area (TPSA) is 57.3 Å². The fourth-order valence-electron chi connectivity index (χ4n) is 2.13. The van der Waals surface area contributed by atoms with E-state index in [1.54, 1.807) is 12.3 Å². The maximum Gasteiger partial charge on any atom is 0.270 e. The Morgan fingerprint density at radius 2 is 1.96 bits per heavy atom. The number of likely N-dealkylation sites (N-methyl/N-ethyl adjacent to an activating group) is 1. The SMILES string of the molecule is Cc1ccccc1CNC(=O)c1ccc(NCCN(C)C)cn1. The number of rotatable bonds is 7. The summed E-state index contributed by atoms with van der Waals surface area (Å²) in [5.41, 5.74) is 3.63. The van der Waals surface area contributed by atoms with Gasteiger partial charge in [0.1, 0.15) is 5.69 Å². The van der Waals surface area contributed by atoms with Gasteiger partial charge < -0.3 is 15.5 Å². The fourth-order valence-corrected chi connectivity index (χ4v) is 2.13. The van der Waals surface area contributed by atoms with Gasteiger partial charge in [0.25, 0.3) is 5.91 Å². The van der Waals surface area contributed by atoms with Gasteiger partial charge in [-0.3, -0.25) is 4.79 Å². The quantitative estimate of drug-likeness (QED) is 0.823. The number of aromatic nitrogens is 1. The van der Waals surface area contributed by atoms with Gasteiger partial charge in [0.15, 0.2) is 0 Å². The minimum atomic E-state index is -0.159. The summed E-state index contributed by atoms with van der Waals surface area (Å²) in [6, 6.07) is 11.6. The normalized spacial score (nSPS) is 10.6. The van der Waals surface area contributed by atoms with E-state index in [1.807, 2.05) is 51.4 Å². The van der Waals surface area contributed by atoms with E-state index >= 15 is 0 Å². The number of amides is 1. The molecule has 1 aromatic carbocycles. The maximum absolute atomic E-state index is 12.1. The van der Waals surface area contributed by atoms with Crippen LogP contribution in [-0.4, -0.2) is 43.0 Å². The molecule has 2 N–H and O–H groups in total. The maximum atomic E-state index is 12.1. The second-order valence-corrected chi connectivity index (χ2v) is 5.77. The molecule has 2 rings (SSSR count). The van der Waals surface area contributed by atoms with Crippen molar-refractivity contribution in [1.82, 2.24) is 15.2 Å². The predicted molar refractivity (Wildman–Crippen MR) is 93.6 cm³/mol. The summed E-state index contributed by atoms with van der Waals surface area (Å²) < 4.78 is 0. The summed E-state index contributed by atoms with van der Waals surface area (Å²) in [7, 11) is 4.06. The zero-order valence-corrected chi connectivity index (χ0v) is 14.0. The lowest BCUT2D eigenvalue weighted by molar-refractivity contribution is 0.0946. The highest BCUT2D eigenvalue weighted by molar-refractivity contribution is 5.92. The lowest BCUT2D eigenvalue weighted by atomic mass is 10.1. The molecule has 23 heavy (non-hydrogen) atoms. The average molecular weight is 312 g/mol. The number of nitrogens with zero attached hydrogens (tertiary/aromatic N) is 2. The van der Waals surface area contributed by atoms with E-state index in [0.29, 0.717) is 12.2 Å². The van der Waals surface area contributed by atoms with E-state index in [0.717, 1.165) is 24.3 Å². The van der Waals surface area contributed by atoms with E-state index in [4.69, 9.17) is 0 Å². The molecule has 0 saturated carbocycles. The van der Waals surface area contributed by atoms with Gasteiger partial charge in [0.2, 0.25) is 0 Å². The van der Waals surface area contributed by atoms with Gasteiger partial charge in [0.05, 0.1) is 11.9 Å². The number of pyridine rings is 1. The van der Waals surface area contributed by atoms with Crippen LogP contribution in [-0.2, 0) is 6.54 Å². The lowest BCUT2D eigenvalue weighted by Crippen LogP contribution is -2.24. The standard InChI is InChI=1S/C18H24N4O/c1-14-6-4-5-7-15(14)12-21-18(23)17-9-8-16(13-20-17)19-10-11-22(2)3/h4-9,13,19H,10-12H2,1-3H3,(H,21,23). The van der Waals surface area contributed by atoms with Crippen LogP contribution in [0.4, 0.5) is 5.69 Å². The van der Waals surface area contributed by atoms with Gasteiger partial charge >= 0.3 is 0 Å². The summed E-state index contributed by atoms with van der Waals surface area (Å²) in [5, 5.41) is 6.18. The van der Waals surface area contributed by atoms with Crippen molar-refractivity contribution in [2.75, 3.05) is 32.5 Å². The summed E-state index contributed by atoms with van der Waals surface area (Å²) in [6.07, 6.45) is 1.69. The summed E-state index contributed by atoms with van der Waals surface area (Å²) in [4.78, 5) is 18.5. The Kier molecular flexibility index (Phi) is 6.11. The molecule has 2 aromatic rings. The van der Waals surface area contributed by atoms with Crippen molar-refractivity contribution in [3.05, 3.63) is 59.4 Å². The Hall–Kier alpha value is -2.40. The predicted octanol–water partition coefficient (Wildman–Crippen LogP) is 2.29. The molecular formula is C18H24N4O. The molecule has 0 aliphatic heterocycles. The zero-order valence-electron chi connectivity index (χ0n) is 14.0. The molecule has 0 aliphatic carbocycles. The number of hydrogen-bond acceptors (Lipinski definition) is 4. The zero-order chi connectivity index (χ0) is 16.7. The minimum Gasteiger partial charge on any atom is -0.383 e. The first kappa shape index (κ1) is 17.0. The Morgan fingerprint density at radius 3 is 2.61 bits per heavy atom. The first-order chi connectivity index (χ1) is 11.1. The van der Waals surface area contributed by atoms with Crippen molar-refractivity contribution in [2.45, 2.75) is 13.5 Å². The van der Waals surface area contributed by atoms with Gasteiger partial charge in [-0.1, -0.05) is 24.3 Å². The second-order valence-electron chi connectivity index (χ2n) is 5.77.